The number of amides is 5. The van der Waals surface area contributed by atoms with Crippen molar-refractivity contribution in [3.8, 4) is 28.0 Å². The molecule has 4 aromatic rings. The number of alkyl halides is 3. The molecular weight excluding hydrogens is 978 g/mol. The Hall–Kier alpha value is -6.56. The van der Waals surface area contributed by atoms with Crippen molar-refractivity contribution in [2.45, 2.75) is 111 Å². The molecule has 2 aliphatic heterocycles. The predicted octanol–water partition coefficient (Wildman–Crippen LogP) is 6.51. The van der Waals surface area contributed by atoms with Gasteiger partial charge < -0.3 is 40.3 Å². The Morgan fingerprint density at radius 3 is 2.14 bits per heavy atom. The van der Waals surface area contributed by atoms with Crippen molar-refractivity contribution in [2.75, 3.05) is 45.9 Å². The van der Waals surface area contributed by atoms with Gasteiger partial charge in [0.2, 0.25) is 11.8 Å². The Bertz CT molecular complexity index is 2750. The van der Waals surface area contributed by atoms with Gasteiger partial charge in [0.1, 0.15) is 36.3 Å². The minimum absolute atomic E-state index is 0.0186. The first kappa shape index (κ1) is 55.2. The number of carbonyl (C=O) groups excluding carboxylic acids is 5. The number of aryl methyl sites for hydroxylation is 1. The predicted molar refractivity (Wildman–Crippen MR) is 271 cm³/mol. The molecule has 0 bridgehead atoms. The molecule has 74 heavy (non-hydrogen) atoms. The van der Waals surface area contributed by atoms with E-state index < -0.39 is 93.6 Å². The van der Waals surface area contributed by atoms with Gasteiger partial charge in [-0.25, -0.2) is 4.98 Å². The normalized spacial score (nSPS) is 21.4. The monoisotopic (exact) mass is 1040 g/mol. The molecule has 16 nitrogen and oxygen atoms in total. The van der Waals surface area contributed by atoms with Crippen LogP contribution in [0.25, 0.3) is 10.4 Å². The highest BCUT2D eigenvalue weighted by molar-refractivity contribution is 7.13. The summed E-state index contributed by atoms with van der Waals surface area (Å²) in [6, 6.07) is 16.3. The molecule has 2 saturated heterocycles. The number of rotatable bonds is 14. The standard InChI is InChI=1S/C54H65F3N8O8S/c1-31(33-10-12-34(13-11-33)42-32(2)59-30-74-42)60-45(68)41-26-37(66)29-65(41)47(70)43(51(3,4)5)61-46(69)48(71)64-22-20-63(21-23-64)24-25-72-38-17-14-35(15-18-38)44(67)62-49-52(6,7)50(53(49,8)9)73-39-19-16-36(28-58)40(27-39)54(55,56)57/h10-19,27,30-31,37,41,43,49-50,66H,20-26,29H2,1-9H3,(H,60,68)(H,61,69)(H,62,67)/t31-,37+,41-,43+,49?,50?/m0/s1. The van der Waals surface area contributed by atoms with Crippen molar-refractivity contribution in [3.05, 3.63) is 100 Å². The average Bonchev–Trinajstić information content (AvgIpc) is 3.98. The maximum Gasteiger partial charge on any atom is 0.417 e. The Labute approximate surface area is 433 Å². The van der Waals surface area contributed by atoms with Crippen LogP contribution in [0.2, 0.25) is 0 Å². The van der Waals surface area contributed by atoms with Crippen LogP contribution in [-0.2, 0) is 25.4 Å². The molecule has 4 N–H and O–H groups in total. The number of hydrogen-bond donors (Lipinski definition) is 4. The number of halogens is 3. The molecule has 1 aromatic heterocycles. The summed E-state index contributed by atoms with van der Waals surface area (Å²) < 4.78 is 52.9. The van der Waals surface area contributed by atoms with Crippen LogP contribution in [0.3, 0.4) is 0 Å². The van der Waals surface area contributed by atoms with Crippen molar-refractivity contribution in [1.82, 2.24) is 35.6 Å². The molecule has 4 atom stereocenters. The third kappa shape index (κ3) is 12.0. The molecule has 5 amide bonds. The van der Waals surface area contributed by atoms with Gasteiger partial charge in [0.15, 0.2) is 0 Å². The van der Waals surface area contributed by atoms with Crippen LogP contribution in [-0.4, -0.2) is 131 Å². The summed E-state index contributed by atoms with van der Waals surface area (Å²) in [6.45, 7) is 18.7. The van der Waals surface area contributed by atoms with E-state index in [0.29, 0.717) is 37.6 Å². The topological polar surface area (TPSA) is 207 Å². The lowest BCUT2D eigenvalue weighted by Gasteiger charge is -2.63. The SMILES string of the molecule is Cc1ncsc1-c1ccc([C@H](C)NC(=O)[C@@H]2C[C@@H](O)CN2C(=O)[C@@H](NC(=O)C(=O)N2CCN(CCOc3ccc(C(=O)NC4C(C)(C)C(Oc5ccc(C#N)c(C(F)(F)F)c5)C4(C)C)cc3)CC2)C(C)(C)C)cc1. The second-order valence-corrected chi connectivity index (χ2v) is 22.5. The molecule has 0 radical (unpaired) electrons. The number of nitriles is 1. The summed E-state index contributed by atoms with van der Waals surface area (Å²) in [5.74, 6) is -2.56. The van der Waals surface area contributed by atoms with Crippen LogP contribution in [0.15, 0.2) is 72.2 Å². The van der Waals surface area contributed by atoms with Crippen LogP contribution in [0.5, 0.6) is 11.5 Å². The number of hydrogen-bond acceptors (Lipinski definition) is 12. The summed E-state index contributed by atoms with van der Waals surface area (Å²) in [5.41, 5.74) is 1.21. The molecule has 0 spiro atoms. The van der Waals surface area contributed by atoms with E-state index in [0.717, 1.165) is 33.8 Å². The second-order valence-electron chi connectivity index (χ2n) is 21.7. The first-order valence-corrected chi connectivity index (χ1v) is 25.5. The van der Waals surface area contributed by atoms with Gasteiger partial charge in [0.25, 0.3) is 5.91 Å². The molecule has 20 heteroatoms. The second kappa shape index (κ2) is 21.7. The minimum atomic E-state index is -4.73. The highest BCUT2D eigenvalue weighted by Gasteiger charge is 2.64. The van der Waals surface area contributed by atoms with Gasteiger partial charge in [-0.05, 0) is 72.9 Å². The Morgan fingerprint density at radius 2 is 1.55 bits per heavy atom. The maximum absolute atomic E-state index is 14.2. The van der Waals surface area contributed by atoms with Crippen LogP contribution in [0.1, 0.15) is 101 Å². The van der Waals surface area contributed by atoms with Gasteiger partial charge in [-0.15, -0.1) is 11.3 Å². The minimum Gasteiger partial charge on any atom is -0.492 e. The lowest BCUT2D eigenvalue weighted by molar-refractivity contribution is -0.164. The summed E-state index contributed by atoms with van der Waals surface area (Å²) >= 11 is 1.55. The van der Waals surface area contributed by atoms with E-state index in [1.54, 1.807) is 68.0 Å². The quantitative estimate of drug-likeness (QED) is 0.100. The number of benzene rings is 3. The van der Waals surface area contributed by atoms with Crippen molar-refractivity contribution in [1.29, 1.82) is 5.26 Å². The van der Waals surface area contributed by atoms with E-state index in [2.05, 4.69) is 25.8 Å². The number of ether oxygens (including phenoxy) is 2. The number of carbonyl (C=O) groups is 5. The van der Waals surface area contributed by atoms with E-state index in [1.807, 2.05) is 65.8 Å². The lowest BCUT2D eigenvalue weighted by atomic mass is 9.49. The Kier molecular flexibility index (Phi) is 16.2. The van der Waals surface area contributed by atoms with Crippen LogP contribution in [0.4, 0.5) is 13.2 Å². The van der Waals surface area contributed by atoms with Crippen LogP contribution in [0, 0.1) is 34.5 Å². The maximum atomic E-state index is 14.2. The van der Waals surface area contributed by atoms with E-state index >= 15 is 0 Å². The highest BCUT2D eigenvalue weighted by Crippen LogP contribution is 2.56. The zero-order valence-corrected chi connectivity index (χ0v) is 43.9. The van der Waals surface area contributed by atoms with Gasteiger partial charge in [-0.3, -0.25) is 28.9 Å². The van der Waals surface area contributed by atoms with E-state index in [-0.39, 0.29) is 37.7 Å². The van der Waals surface area contributed by atoms with Gasteiger partial charge in [0, 0.05) is 68.1 Å². The van der Waals surface area contributed by atoms with E-state index in [9.17, 15) is 47.5 Å². The number of aliphatic hydroxyl groups excluding tert-OH is 1. The largest absolute Gasteiger partial charge is 0.492 e. The summed E-state index contributed by atoms with van der Waals surface area (Å²) in [7, 11) is 0. The number of β-amino-alcohol motifs (C(OH)–C–C–N with tert-alkyl or cyclic N) is 1. The van der Waals surface area contributed by atoms with E-state index in [4.69, 9.17) is 9.47 Å². The molecule has 0 unspecified atom stereocenters. The Balaban J connectivity index is 0.852. The molecule has 7 rings (SSSR count). The van der Waals surface area contributed by atoms with Crippen LogP contribution < -0.4 is 25.4 Å². The van der Waals surface area contributed by atoms with Crippen molar-refractivity contribution in [3.63, 3.8) is 0 Å². The number of nitrogens with one attached hydrogen (secondary N) is 3. The number of thiazole rings is 1. The molecule has 1 saturated carbocycles. The number of aliphatic hydroxyl groups is 1. The first-order valence-electron chi connectivity index (χ1n) is 24.6. The van der Waals surface area contributed by atoms with E-state index in [1.165, 1.54) is 15.9 Å². The zero-order chi connectivity index (χ0) is 54.1. The summed E-state index contributed by atoms with van der Waals surface area (Å²) in [6.07, 6.45) is -6.23. The molecule has 3 fully saturated rings. The fraction of sp³-hybridized carbons (Fsp3) is 0.500. The van der Waals surface area contributed by atoms with Crippen molar-refractivity contribution >= 4 is 40.9 Å². The van der Waals surface area contributed by atoms with Gasteiger partial charge >= 0.3 is 18.0 Å². The zero-order valence-electron chi connectivity index (χ0n) is 43.1. The summed E-state index contributed by atoms with van der Waals surface area (Å²) in [5, 5.41) is 28.6. The third-order valence-electron chi connectivity index (χ3n) is 14.5. The number of aromatic nitrogens is 1. The molecule has 3 heterocycles. The molecule has 396 valence electrons. The van der Waals surface area contributed by atoms with Gasteiger partial charge in [-0.2, -0.15) is 18.4 Å². The fourth-order valence-corrected chi connectivity index (χ4v) is 11.4. The first-order chi connectivity index (χ1) is 34.7. The molecule has 3 aromatic carbocycles. The number of piperazine rings is 1. The molecule has 3 aliphatic rings. The smallest absolute Gasteiger partial charge is 0.417 e. The molecular formula is C54H65F3N8O8S. The summed E-state index contributed by atoms with van der Waals surface area (Å²) in [4.78, 5) is 78.7. The van der Waals surface area contributed by atoms with Gasteiger partial charge in [-0.1, -0.05) is 72.7 Å². The number of nitrogens with zero attached hydrogens (tertiary/aromatic N) is 5. The fourth-order valence-electron chi connectivity index (χ4n) is 10.6. The lowest BCUT2D eigenvalue weighted by Crippen LogP contribution is -2.74. The third-order valence-corrected chi connectivity index (χ3v) is 15.4. The van der Waals surface area contributed by atoms with Crippen LogP contribution >= 0.6 is 11.3 Å². The van der Waals surface area contributed by atoms with Gasteiger partial charge in [0.05, 0.1) is 45.4 Å². The average molecular weight is 1040 g/mol. The Morgan fingerprint density at radius 1 is 0.919 bits per heavy atom. The van der Waals surface area contributed by atoms with Crippen molar-refractivity contribution in [2.24, 2.45) is 16.2 Å². The highest BCUT2D eigenvalue weighted by atomic mass is 32.1. The van der Waals surface area contributed by atoms with Crippen molar-refractivity contribution < 1.29 is 51.7 Å². The number of likely N-dealkylation sites (tertiary alicyclic amines) is 1. The molecule has 1 aliphatic carbocycles.